The van der Waals surface area contributed by atoms with Crippen LogP contribution in [0, 0.1) is 6.92 Å². The predicted molar refractivity (Wildman–Crippen MR) is 116 cm³/mol. The molecule has 1 saturated heterocycles. The zero-order chi connectivity index (χ0) is 22.2. The van der Waals surface area contributed by atoms with Gasteiger partial charge in [-0.2, -0.15) is 9.40 Å². The highest BCUT2D eigenvalue weighted by Crippen LogP contribution is 2.23. The first kappa shape index (κ1) is 21.3. The van der Waals surface area contributed by atoms with Crippen molar-refractivity contribution in [2.75, 3.05) is 26.2 Å². The number of furan rings is 1. The summed E-state index contributed by atoms with van der Waals surface area (Å²) in [5.41, 5.74) is 2.00. The molecule has 1 aliphatic rings. The Kier molecular flexibility index (Phi) is 5.72. The van der Waals surface area contributed by atoms with Gasteiger partial charge in [-0.25, -0.2) is 8.42 Å². The lowest BCUT2D eigenvalue weighted by atomic mass is 10.0. The maximum atomic E-state index is 13.0. The molecule has 1 amide bonds. The monoisotopic (exact) mass is 442 g/mol. The number of nitrogens with zero attached hydrogens (tertiary/aromatic N) is 3. The van der Waals surface area contributed by atoms with E-state index in [-0.39, 0.29) is 29.6 Å². The fourth-order valence-corrected chi connectivity index (χ4v) is 5.03. The van der Waals surface area contributed by atoms with Crippen LogP contribution < -0.4 is 0 Å². The van der Waals surface area contributed by atoms with Gasteiger partial charge in [0.25, 0.3) is 5.91 Å². The van der Waals surface area contributed by atoms with Gasteiger partial charge in [0.05, 0.1) is 4.90 Å². The number of aryl methyl sites for hydroxylation is 1. The largest absolute Gasteiger partial charge is 0.460 e. The van der Waals surface area contributed by atoms with E-state index >= 15 is 0 Å². The molecule has 31 heavy (non-hydrogen) atoms. The number of aromatic nitrogens is 2. The standard InChI is InChI=1S/C22H26N4O4S/c1-15(2)17-5-7-18(8-6-17)31(28,29)26-12-10-25(11-13-26)22(27)20-14-19(23-24-20)21-9-4-16(3)30-21/h4-9,14-15H,10-13H2,1-3H3,(H,23,24). The number of amides is 1. The van der Waals surface area contributed by atoms with Crippen LogP contribution in [0.5, 0.6) is 0 Å². The van der Waals surface area contributed by atoms with Crippen molar-refractivity contribution in [3.8, 4) is 11.5 Å². The van der Waals surface area contributed by atoms with Gasteiger partial charge >= 0.3 is 0 Å². The second-order valence-corrected chi connectivity index (χ2v) is 9.94. The van der Waals surface area contributed by atoms with E-state index in [9.17, 15) is 13.2 Å². The van der Waals surface area contributed by atoms with Crippen molar-refractivity contribution in [2.24, 2.45) is 0 Å². The molecule has 1 aromatic carbocycles. The van der Waals surface area contributed by atoms with Crippen LogP contribution in [0.25, 0.3) is 11.5 Å². The van der Waals surface area contributed by atoms with Crippen molar-refractivity contribution >= 4 is 15.9 Å². The average Bonchev–Trinajstić information content (AvgIpc) is 3.42. The molecule has 4 rings (SSSR count). The Morgan fingerprint density at radius 2 is 1.74 bits per heavy atom. The third-order valence-corrected chi connectivity index (χ3v) is 7.43. The van der Waals surface area contributed by atoms with Crippen molar-refractivity contribution < 1.29 is 17.6 Å². The lowest BCUT2D eigenvalue weighted by Crippen LogP contribution is -2.50. The number of sulfonamides is 1. The van der Waals surface area contributed by atoms with Gasteiger partial charge in [-0.3, -0.25) is 9.89 Å². The van der Waals surface area contributed by atoms with Crippen LogP contribution in [0.15, 0.2) is 51.8 Å². The van der Waals surface area contributed by atoms with Crippen LogP contribution >= 0.6 is 0 Å². The first-order valence-electron chi connectivity index (χ1n) is 10.3. The molecule has 0 unspecified atom stereocenters. The summed E-state index contributed by atoms with van der Waals surface area (Å²) in [4.78, 5) is 14.7. The number of benzene rings is 1. The number of carbonyl (C=O) groups excluding carboxylic acids is 1. The van der Waals surface area contributed by atoms with Crippen LogP contribution in [0.4, 0.5) is 0 Å². The number of hydrogen-bond acceptors (Lipinski definition) is 5. The van der Waals surface area contributed by atoms with Crippen LogP contribution in [-0.2, 0) is 10.0 Å². The lowest BCUT2D eigenvalue weighted by Gasteiger charge is -2.33. The normalized spacial score (nSPS) is 15.5. The number of carbonyl (C=O) groups is 1. The molecule has 1 fully saturated rings. The number of nitrogens with one attached hydrogen (secondary N) is 1. The molecule has 8 nitrogen and oxygen atoms in total. The zero-order valence-electron chi connectivity index (χ0n) is 17.8. The summed E-state index contributed by atoms with van der Waals surface area (Å²) in [6.45, 7) is 7.09. The second-order valence-electron chi connectivity index (χ2n) is 8.00. The van der Waals surface area contributed by atoms with E-state index in [0.717, 1.165) is 11.3 Å². The van der Waals surface area contributed by atoms with Gasteiger partial charge in [0.1, 0.15) is 11.5 Å². The summed E-state index contributed by atoms with van der Waals surface area (Å²) >= 11 is 0. The highest BCUT2D eigenvalue weighted by atomic mass is 32.2. The smallest absolute Gasteiger partial charge is 0.274 e. The van der Waals surface area contributed by atoms with Gasteiger partial charge in [-0.05, 0) is 42.7 Å². The lowest BCUT2D eigenvalue weighted by molar-refractivity contribution is 0.0692. The van der Waals surface area contributed by atoms with Gasteiger partial charge < -0.3 is 9.32 Å². The number of piperazine rings is 1. The van der Waals surface area contributed by atoms with Crippen molar-refractivity contribution in [2.45, 2.75) is 31.6 Å². The van der Waals surface area contributed by atoms with Gasteiger partial charge in [-0.1, -0.05) is 26.0 Å². The predicted octanol–water partition coefficient (Wildman–Crippen LogP) is 3.25. The van der Waals surface area contributed by atoms with Crippen LogP contribution in [0.3, 0.4) is 0 Å². The highest BCUT2D eigenvalue weighted by Gasteiger charge is 2.31. The molecule has 0 radical (unpaired) electrons. The fraction of sp³-hybridized carbons (Fsp3) is 0.364. The Bertz CT molecular complexity index is 1170. The SMILES string of the molecule is Cc1ccc(-c2cc(C(=O)N3CCN(S(=O)(=O)c4ccc(C(C)C)cc4)CC3)n[nH]2)o1. The number of hydrogen-bond donors (Lipinski definition) is 1. The summed E-state index contributed by atoms with van der Waals surface area (Å²) in [6.07, 6.45) is 0. The highest BCUT2D eigenvalue weighted by molar-refractivity contribution is 7.89. The number of rotatable bonds is 5. The van der Waals surface area contributed by atoms with Crippen LogP contribution in [0.1, 0.15) is 41.6 Å². The maximum absolute atomic E-state index is 13.0. The Hall–Kier alpha value is -2.91. The summed E-state index contributed by atoms with van der Waals surface area (Å²) in [5.74, 6) is 1.49. The summed E-state index contributed by atoms with van der Waals surface area (Å²) in [6, 6.07) is 12.3. The summed E-state index contributed by atoms with van der Waals surface area (Å²) in [5, 5.41) is 6.93. The van der Waals surface area contributed by atoms with E-state index in [1.165, 1.54) is 4.31 Å². The molecule has 1 aliphatic heterocycles. The Morgan fingerprint density at radius 3 is 2.32 bits per heavy atom. The van der Waals surface area contributed by atoms with Crippen LogP contribution in [0.2, 0.25) is 0 Å². The number of H-pyrrole nitrogens is 1. The first-order chi connectivity index (χ1) is 14.8. The minimum Gasteiger partial charge on any atom is -0.460 e. The molecule has 3 aromatic rings. The van der Waals surface area contributed by atoms with Gasteiger partial charge in [0, 0.05) is 32.2 Å². The van der Waals surface area contributed by atoms with E-state index < -0.39 is 10.0 Å². The van der Waals surface area contributed by atoms with E-state index in [1.807, 2.05) is 31.2 Å². The molecule has 0 bridgehead atoms. The molecule has 0 spiro atoms. The van der Waals surface area contributed by atoms with E-state index in [1.54, 1.807) is 23.1 Å². The van der Waals surface area contributed by atoms with Crippen LogP contribution in [-0.4, -0.2) is 59.9 Å². The zero-order valence-corrected chi connectivity index (χ0v) is 18.6. The molecule has 9 heteroatoms. The Morgan fingerprint density at radius 1 is 1.06 bits per heavy atom. The third kappa shape index (κ3) is 4.28. The minimum absolute atomic E-state index is 0.232. The molecular formula is C22H26N4O4S. The molecule has 0 saturated carbocycles. The van der Waals surface area contributed by atoms with E-state index in [2.05, 4.69) is 24.0 Å². The molecule has 0 atom stereocenters. The fourth-order valence-electron chi connectivity index (χ4n) is 3.60. The molecule has 164 valence electrons. The molecule has 1 N–H and O–H groups in total. The average molecular weight is 443 g/mol. The first-order valence-corrected chi connectivity index (χ1v) is 11.7. The molecule has 3 heterocycles. The maximum Gasteiger partial charge on any atom is 0.274 e. The third-order valence-electron chi connectivity index (χ3n) is 5.51. The van der Waals surface area contributed by atoms with Crippen molar-refractivity contribution in [3.63, 3.8) is 0 Å². The van der Waals surface area contributed by atoms with Gasteiger partial charge in [0.2, 0.25) is 10.0 Å². The Balaban J connectivity index is 1.41. The second kappa shape index (κ2) is 8.32. The summed E-state index contributed by atoms with van der Waals surface area (Å²) in [7, 11) is -3.59. The molecular weight excluding hydrogens is 416 g/mol. The molecule has 2 aromatic heterocycles. The number of aromatic amines is 1. The van der Waals surface area contributed by atoms with Gasteiger partial charge in [-0.15, -0.1) is 0 Å². The quantitative estimate of drug-likeness (QED) is 0.654. The topological polar surface area (TPSA) is 99.5 Å². The van der Waals surface area contributed by atoms with Crippen molar-refractivity contribution in [3.05, 3.63) is 59.5 Å². The Labute approximate surface area is 181 Å². The van der Waals surface area contributed by atoms with E-state index in [0.29, 0.717) is 30.5 Å². The van der Waals surface area contributed by atoms with E-state index in [4.69, 9.17) is 4.42 Å². The molecule has 0 aliphatic carbocycles. The summed E-state index contributed by atoms with van der Waals surface area (Å²) < 4.78 is 32.9. The van der Waals surface area contributed by atoms with Crippen molar-refractivity contribution in [1.29, 1.82) is 0 Å². The minimum atomic E-state index is -3.59. The van der Waals surface area contributed by atoms with Gasteiger partial charge in [0.15, 0.2) is 11.5 Å². The van der Waals surface area contributed by atoms with Crippen molar-refractivity contribution in [1.82, 2.24) is 19.4 Å².